The van der Waals surface area contributed by atoms with E-state index in [1.54, 1.807) is 57.8 Å². The molecule has 0 aliphatic heterocycles. The first-order valence-electron chi connectivity index (χ1n) is 10.5. The minimum atomic E-state index is -3.16. The summed E-state index contributed by atoms with van der Waals surface area (Å²) in [7, 11) is -3.16. The number of furan rings is 1. The summed E-state index contributed by atoms with van der Waals surface area (Å²) in [5.41, 5.74) is 0.937. The largest absolute Gasteiger partial charge is 0.494 e. The number of hydrogen-bond acceptors (Lipinski definition) is 6. The van der Waals surface area contributed by atoms with Crippen LogP contribution in [0.15, 0.2) is 65.1 Å². The zero-order valence-electron chi connectivity index (χ0n) is 19.1. The number of rotatable bonds is 8. The maximum absolute atomic E-state index is 13.4. The fourth-order valence-corrected chi connectivity index (χ4v) is 4.27. The minimum Gasteiger partial charge on any atom is -0.494 e. The molecule has 0 fully saturated rings. The van der Waals surface area contributed by atoms with E-state index >= 15 is 0 Å². The first kappa shape index (κ1) is 23.8. The van der Waals surface area contributed by atoms with E-state index in [4.69, 9.17) is 18.4 Å². The van der Waals surface area contributed by atoms with Crippen molar-refractivity contribution in [3.05, 3.63) is 72.0 Å². The Labute approximate surface area is 189 Å². The summed E-state index contributed by atoms with van der Waals surface area (Å²) >= 11 is 0. The summed E-state index contributed by atoms with van der Waals surface area (Å²) in [4.78, 5) is 12.3. The second-order valence-corrected chi connectivity index (χ2v) is 10.9. The lowest BCUT2D eigenvalue weighted by molar-refractivity contribution is 0.00368. The van der Waals surface area contributed by atoms with Crippen molar-refractivity contribution in [3.8, 4) is 17.1 Å². The standard InChI is InChI=1S/C25H29O6P/c1-6-28-20-14-19(22-12-13-23(30-22)24(26)31-25(2,3)4)15-21(16-20)32(5,27)29-17-18-10-8-7-9-11-18/h7-16H,6,17H2,1-5H3. The monoisotopic (exact) mass is 456 g/mol. The lowest BCUT2D eigenvalue weighted by Crippen LogP contribution is -2.23. The van der Waals surface area contributed by atoms with E-state index in [1.165, 1.54) is 0 Å². The molecule has 170 valence electrons. The molecule has 0 aliphatic carbocycles. The van der Waals surface area contributed by atoms with Gasteiger partial charge in [0.15, 0.2) is 0 Å². The Morgan fingerprint density at radius 1 is 1.03 bits per heavy atom. The van der Waals surface area contributed by atoms with Gasteiger partial charge in [-0.3, -0.25) is 4.57 Å². The molecule has 32 heavy (non-hydrogen) atoms. The SMILES string of the molecule is CCOc1cc(-c2ccc(C(=O)OC(C)(C)C)o2)cc(P(C)(=O)OCc2ccccc2)c1. The van der Waals surface area contributed by atoms with Gasteiger partial charge < -0.3 is 18.4 Å². The lowest BCUT2D eigenvalue weighted by atomic mass is 10.1. The predicted octanol–water partition coefficient (Wildman–Crippen LogP) is 6.05. The summed E-state index contributed by atoms with van der Waals surface area (Å²) in [6, 6.07) is 18.1. The number of benzene rings is 2. The third kappa shape index (κ3) is 6.35. The molecular weight excluding hydrogens is 427 g/mol. The van der Waals surface area contributed by atoms with Crippen LogP contribution in [0, 0.1) is 0 Å². The van der Waals surface area contributed by atoms with Crippen molar-refractivity contribution in [2.75, 3.05) is 13.3 Å². The molecule has 0 radical (unpaired) electrons. The van der Waals surface area contributed by atoms with Gasteiger partial charge in [0.2, 0.25) is 13.1 Å². The van der Waals surface area contributed by atoms with Crippen molar-refractivity contribution in [3.63, 3.8) is 0 Å². The molecule has 3 rings (SSSR count). The van der Waals surface area contributed by atoms with Crippen LogP contribution in [-0.2, 0) is 20.4 Å². The Balaban J connectivity index is 1.89. The van der Waals surface area contributed by atoms with Crippen LogP contribution in [-0.4, -0.2) is 24.8 Å². The van der Waals surface area contributed by atoms with Crippen molar-refractivity contribution in [1.29, 1.82) is 0 Å². The number of hydrogen-bond donors (Lipinski definition) is 0. The fourth-order valence-electron chi connectivity index (χ4n) is 2.99. The third-order valence-corrected chi connectivity index (χ3v) is 6.30. The smallest absolute Gasteiger partial charge is 0.374 e. The van der Waals surface area contributed by atoms with E-state index in [9.17, 15) is 9.36 Å². The molecule has 0 aliphatic rings. The van der Waals surface area contributed by atoms with Crippen LogP contribution in [0.2, 0.25) is 0 Å². The molecular formula is C25H29O6P. The molecule has 1 aromatic heterocycles. The highest BCUT2D eigenvalue weighted by molar-refractivity contribution is 7.66. The average molecular weight is 456 g/mol. The molecule has 0 N–H and O–H groups in total. The van der Waals surface area contributed by atoms with Gasteiger partial charge >= 0.3 is 5.97 Å². The van der Waals surface area contributed by atoms with Gasteiger partial charge in [-0.05, 0) is 63.6 Å². The highest BCUT2D eigenvalue weighted by Gasteiger charge is 2.24. The van der Waals surface area contributed by atoms with Crippen molar-refractivity contribution < 1.29 is 27.8 Å². The molecule has 0 saturated heterocycles. The highest BCUT2D eigenvalue weighted by Crippen LogP contribution is 2.44. The Morgan fingerprint density at radius 3 is 2.41 bits per heavy atom. The van der Waals surface area contributed by atoms with Gasteiger partial charge in [-0.2, -0.15) is 0 Å². The molecule has 2 aromatic carbocycles. The lowest BCUT2D eigenvalue weighted by Gasteiger charge is -2.18. The summed E-state index contributed by atoms with van der Waals surface area (Å²) in [6.45, 7) is 9.51. The Kier molecular flexibility index (Phi) is 7.27. The van der Waals surface area contributed by atoms with Crippen LogP contribution in [0.4, 0.5) is 0 Å². The van der Waals surface area contributed by atoms with Crippen LogP contribution < -0.4 is 10.0 Å². The van der Waals surface area contributed by atoms with Crippen LogP contribution in [0.3, 0.4) is 0 Å². The number of carbonyl (C=O) groups is 1. The predicted molar refractivity (Wildman–Crippen MR) is 125 cm³/mol. The molecule has 3 aromatic rings. The first-order valence-corrected chi connectivity index (χ1v) is 12.5. The van der Waals surface area contributed by atoms with Gasteiger partial charge in [0.1, 0.15) is 17.1 Å². The van der Waals surface area contributed by atoms with Crippen LogP contribution in [0.5, 0.6) is 5.75 Å². The van der Waals surface area contributed by atoms with E-state index in [0.717, 1.165) is 5.56 Å². The third-order valence-electron chi connectivity index (χ3n) is 4.48. The summed E-state index contributed by atoms with van der Waals surface area (Å²) in [6.07, 6.45) is 0. The zero-order valence-corrected chi connectivity index (χ0v) is 20.0. The molecule has 1 heterocycles. The molecule has 0 saturated carbocycles. The zero-order chi connectivity index (χ0) is 23.4. The number of ether oxygens (including phenoxy) is 2. The first-order chi connectivity index (χ1) is 15.1. The quantitative estimate of drug-likeness (QED) is 0.303. The maximum atomic E-state index is 13.4. The van der Waals surface area contributed by atoms with E-state index in [1.807, 2.05) is 37.3 Å². The van der Waals surface area contributed by atoms with Gasteiger partial charge in [0.05, 0.1) is 13.2 Å². The minimum absolute atomic E-state index is 0.0956. The van der Waals surface area contributed by atoms with Gasteiger partial charge in [0.25, 0.3) is 0 Å². The van der Waals surface area contributed by atoms with Crippen LogP contribution in [0.25, 0.3) is 11.3 Å². The highest BCUT2D eigenvalue weighted by atomic mass is 31.2. The Morgan fingerprint density at radius 2 is 1.75 bits per heavy atom. The van der Waals surface area contributed by atoms with Crippen molar-refractivity contribution in [2.24, 2.45) is 0 Å². The second-order valence-electron chi connectivity index (χ2n) is 8.42. The van der Waals surface area contributed by atoms with Crippen molar-refractivity contribution >= 4 is 18.6 Å². The molecule has 6 nitrogen and oxygen atoms in total. The van der Waals surface area contributed by atoms with Crippen LogP contribution in [0.1, 0.15) is 43.8 Å². The molecule has 7 heteroatoms. The molecule has 1 unspecified atom stereocenters. The van der Waals surface area contributed by atoms with E-state index in [0.29, 0.717) is 29.0 Å². The van der Waals surface area contributed by atoms with Gasteiger partial charge in [-0.15, -0.1) is 0 Å². The number of carbonyl (C=O) groups excluding carboxylic acids is 1. The van der Waals surface area contributed by atoms with Crippen molar-refractivity contribution in [1.82, 2.24) is 0 Å². The van der Waals surface area contributed by atoms with Crippen LogP contribution >= 0.6 is 7.37 Å². The summed E-state index contributed by atoms with van der Waals surface area (Å²) in [5, 5.41) is 0.504. The molecule has 0 spiro atoms. The maximum Gasteiger partial charge on any atom is 0.374 e. The summed E-state index contributed by atoms with van der Waals surface area (Å²) < 4.78 is 36.0. The van der Waals surface area contributed by atoms with E-state index in [-0.39, 0.29) is 12.4 Å². The summed E-state index contributed by atoms with van der Waals surface area (Å²) in [5.74, 6) is 0.535. The topological polar surface area (TPSA) is 75.0 Å². The van der Waals surface area contributed by atoms with Gasteiger partial charge in [-0.1, -0.05) is 30.3 Å². The van der Waals surface area contributed by atoms with Crippen molar-refractivity contribution in [2.45, 2.75) is 39.9 Å². The van der Waals surface area contributed by atoms with Gasteiger partial charge in [0, 0.05) is 17.5 Å². The molecule has 0 amide bonds. The normalized spacial score (nSPS) is 13.4. The second kappa shape index (κ2) is 9.76. The van der Waals surface area contributed by atoms with E-state index < -0.39 is 18.9 Å². The number of esters is 1. The molecule has 0 bridgehead atoms. The van der Waals surface area contributed by atoms with E-state index in [2.05, 4.69) is 0 Å². The van der Waals surface area contributed by atoms with Gasteiger partial charge in [-0.25, -0.2) is 4.79 Å². The molecule has 1 atom stereocenters. The average Bonchev–Trinajstić information content (AvgIpc) is 3.23. The Hall–Kier alpha value is -2.82. The Bertz CT molecular complexity index is 1110. The fraction of sp³-hybridized carbons (Fsp3) is 0.320.